The molecule has 17 heavy (non-hydrogen) atoms. The van der Waals surface area contributed by atoms with Gasteiger partial charge in [0.25, 0.3) is 0 Å². The van der Waals surface area contributed by atoms with Crippen LogP contribution in [0.3, 0.4) is 0 Å². The molecule has 0 radical (unpaired) electrons. The summed E-state index contributed by atoms with van der Waals surface area (Å²) in [6.45, 7) is 2.83. The van der Waals surface area contributed by atoms with Crippen LogP contribution in [0.25, 0.3) is 0 Å². The molecule has 0 spiro atoms. The molecule has 5 heteroatoms. The predicted octanol–water partition coefficient (Wildman–Crippen LogP) is 1.21. The van der Waals surface area contributed by atoms with Crippen LogP contribution in [0.15, 0.2) is 24.3 Å². The lowest BCUT2D eigenvalue weighted by molar-refractivity contribution is 0.167. The molecule has 2 heterocycles. The molecule has 3 rings (SSSR count). The Bertz CT molecular complexity index is 359. The molecule has 1 aromatic carbocycles. The van der Waals surface area contributed by atoms with Gasteiger partial charge in [0, 0.05) is 0 Å². The summed E-state index contributed by atoms with van der Waals surface area (Å²) in [6, 6.07) is 7.64. The largest absolute Gasteiger partial charge is 0.491 e. The Morgan fingerprint density at radius 1 is 1.06 bits per heavy atom. The third-order valence-corrected chi connectivity index (χ3v) is 2.55. The van der Waals surface area contributed by atoms with Gasteiger partial charge in [-0.05, 0) is 24.3 Å². The molecular weight excluding hydrogens is 222 g/mol. The van der Waals surface area contributed by atoms with Crippen molar-refractivity contribution in [2.45, 2.75) is 12.2 Å². The monoisotopic (exact) mass is 237 g/mol. The second kappa shape index (κ2) is 4.91. The first-order valence-electron chi connectivity index (χ1n) is 5.74. The van der Waals surface area contributed by atoms with Crippen LogP contribution in [0.5, 0.6) is 5.75 Å². The molecular formula is C12H15NO4. The minimum Gasteiger partial charge on any atom is -0.491 e. The molecule has 0 amide bonds. The van der Waals surface area contributed by atoms with Crippen LogP contribution in [0, 0.1) is 0 Å². The topological polar surface area (TPSA) is 55.5 Å². The SMILES string of the molecule is c1cc(OCC2CO2)ccc1NOCC1CO1. The van der Waals surface area contributed by atoms with Crippen LogP contribution < -0.4 is 10.2 Å². The summed E-state index contributed by atoms with van der Waals surface area (Å²) >= 11 is 0. The van der Waals surface area contributed by atoms with Crippen molar-refractivity contribution in [3.63, 3.8) is 0 Å². The summed E-state index contributed by atoms with van der Waals surface area (Å²) in [7, 11) is 0. The van der Waals surface area contributed by atoms with Crippen LogP contribution in [0.1, 0.15) is 0 Å². The first kappa shape index (κ1) is 10.8. The second-order valence-corrected chi connectivity index (χ2v) is 4.16. The lowest BCUT2D eigenvalue weighted by Gasteiger charge is -2.07. The first-order chi connectivity index (χ1) is 8.40. The van der Waals surface area contributed by atoms with Crippen LogP contribution in [-0.2, 0) is 14.3 Å². The maximum atomic E-state index is 5.52. The number of ether oxygens (including phenoxy) is 3. The molecule has 2 aliphatic heterocycles. The van der Waals surface area contributed by atoms with Gasteiger partial charge in [-0.25, -0.2) is 0 Å². The number of nitrogens with one attached hydrogen (secondary N) is 1. The van der Waals surface area contributed by atoms with Crippen molar-refractivity contribution >= 4 is 5.69 Å². The fourth-order valence-electron chi connectivity index (χ4n) is 1.35. The van der Waals surface area contributed by atoms with Gasteiger partial charge in [0.2, 0.25) is 0 Å². The van der Waals surface area contributed by atoms with Crippen molar-refractivity contribution < 1.29 is 19.0 Å². The van der Waals surface area contributed by atoms with E-state index in [4.69, 9.17) is 19.0 Å². The smallest absolute Gasteiger partial charge is 0.119 e. The molecule has 0 bridgehead atoms. The van der Waals surface area contributed by atoms with Crippen molar-refractivity contribution in [3.05, 3.63) is 24.3 Å². The maximum Gasteiger partial charge on any atom is 0.119 e. The maximum absolute atomic E-state index is 5.52. The van der Waals surface area contributed by atoms with E-state index in [2.05, 4.69) is 5.48 Å². The fourth-order valence-corrected chi connectivity index (χ4v) is 1.35. The summed E-state index contributed by atoms with van der Waals surface area (Å²) < 4.78 is 15.6. The number of hydrogen-bond acceptors (Lipinski definition) is 5. The molecule has 2 saturated heterocycles. The van der Waals surface area contributed by atoms with Gasteiger partial charge in [-0.2, -0.15) is 0 Å². The highest BCUT2D eigenvalue weighted by Gasteiger charge is 2.23. The van der Waals surface area contributed by atoms with Crippen LogP contribution in [-0.4, -0.2) is 38.6 Å². The Morgan fingerprint density at radius 3 is 2.35 bits per heavy atom. The Balaban J connectivity index is 1.41. The Morgan fingerprint density at radius 2 is 1.71 bits per heavy atom. The van der Waals surface area contributed by atoms with Crippen molar-refractivity contribution in [3.8, 4) is 5.75 Å². The summed E-state index contributed by atoms with van der Waals surface area (Å²) in [5.74, 6) is 0.844. The highest BCUT2D eigenvalue weighted by Crippen LogP contribution is 2.18. The lowest BCUT2D eigenvalue weighted by Crippen LogP contribution is -2.07. The highest BCUT2D eigenvalue weighted by molar-refractivity contribution is 5.44. The molecule has 0 aliphatic carbocycles. The normalized spacial score (nSPS) is 25.4. The first-order valence-corrected chi connectivity index (χ1v) is 5.74. The van der Waals surface area contributed by atoms with E-state index in [-0.39, 0.29) is 12.2 Å². The zero-order chi connectivity index (χ0) is 11.5. The number of rotatable bonds is 7. The van der Waals surface area contributed by atoms with E-state index in [1.165, 1.54) is 0 Å². The van der Waals surface area contributed by atoms with Crippen molar-refractivity contribution in [1.82, 2.24) is 0 Å². The zero-order valence-corrected chi connectivity index (χ0v) is 9.43. The average Bonchev–Trinajstić information content (AvgIpc) is 3.23. The molecule has 1 N–H and O–H groups in total. The number of benzene rings is 1. The average molecular weight is 237 g/mol. The van der Waals surface area contributed by atoms with Gasteiger partial charge in [-0.1, -0.05) is 0 Å². The van der Waals surface area contributed by atoms with Crippen molar-refractivity contribution in [1.29, 1.82) is 0 Å². The zero-order valence-electron chi connectivity index (χ0n) is 9.43. The molecule has 2 aliphatic rings. The van der Waals surface area contributed by atoms with Gasteiger partial charge in [-0.15, -0.1) is 0 Å². The van der Waals surface area contributed by atoms with E-state index in [0.717, 1.165) is 24.7 Å². The van der Waals surface area contributed by atoms with Crippen molar-refractivity contribution in [2.24, 2.45) is 0 Å². The van der Waals surface area contributed by atoms with E-state index in [1.807, 2.05) is 24.3 Å². The van der Waals surface area contributed by atoms with E-state index >= 15 is 0 Å². The van der Waals surface area contributed by atoms with Crippen LogP contribution in [0.2, 0.25) is 0 Å². The Labute approximate surface area is 99.6 Å². The standard InChI is InChI=1S/C12H15NO4/c1-3-10(14-5-11-6-15-11)4-2-9(1)13-17-8-12-7-16-12/h1-4,11-13H,5-8H2. The van der Waals surface area contributed by atoms with E-state index in [9.17, 15) is 0 Å². The quantitative estimate of drug-likeness (QED) is 0.570. The van der Waals surface area contributed by atoms with E-state index in [1.54, 1.807) is 0 Å². The Hall–Kier alpha value is -1.30. The number of epoxide rings is 2. The second-order valence-electron chi connectivity index (χ2n) is 4.16. The summed E-state index contributed by atoms with van der Waals surface area (Å²) in [5, 5.41) is 0. The molecule has 2 fully saturated rings. The predicted molar refractivity (Wildman–Crippen MR) is 61.0 cm³/mol. The number of anilines is 1. The van der Waals surface area contributed by atoms with Gasteiger partial charge >= 0.3 is 0 Å². The van der Waals surface area contributed by atoms with Crippen molar-refractivity contribution in [2.75, 3.05) is 31.9 Å². The number of hydrogen-bond donors (Lipinski definition) is 1. The van der Waals surface area contributed by atoms with Gasteiger partial charge in [0.05, 0.1) is 18.9 Å². The minimum atomic E-state index is 0.267. The van der Waals surface area contributed by atoms with E-state index < -0.39 is 0 Å². The molecule has 0 aromatic heterocycles. The van der Waals surface area contributed by atoms with Crippen LogP contribution >= 0.6 is 0 Å². The van der Waals surface area contributed by atoms with Gasteiger partial charge in [-0.3, -0.25) is 10.3 Å². The molecule has 1 aromatic rings. The minimum absolute atomic E-state index is 0.267. The molecule has 92 valence electrons. The van der Waals surface area contributed by atoms with Gasteiger partial charge in [0.15, 0.2) is 0 Å². The molecule has 2 atom stereocenters. The summed E-state index contributed by atoms with van der Waals surface area (Å²) in [6.07, 6.45) is 0.554. The highest BCUT2D eigenvalue weighted by atomic mass is 16.7. The Kier molecular flexibility index (Phi) is 3.13. The molecule has 2 unspecified atom stereocenters. The van der Waals surface area contributed by atoms with Gasteiger partial charge < -0.3 is 14.2 Å². The summed E-state index contributed by atoms with van der Waals surface area (Å²) in [5.41, 5.74) is 3.76. The fraction of sp³-hybridized carbons (Fsp3) is 0.500. The van der Waals surface area contributed by atoms with Crippen LogP contribution in [0.4, 0.5) is 5.69 Å². The third-order valence-electron chi connectivity index (χ3n) is 2.55. The molecule has 0 saturated carbocycles. The van der Waals surface area contributed by atoms with E-state index in [0.29, 0.717) is 13.2 Å². The lowest BCUT2D eigenvalue weighted by atomic mass is 10.3. The summed E-state index contributed by atoms with van der Waals surface area (Å²) in [4.78, 5) is 5.26. The molecule has 5 nitrogen and oxygen atoms in total. The third kappa shape index (κ3) is 3.59. The van der Waals surface area contributed by atoms with Gasteiger partial charge in [0.1, 0.15) is 31.2 Å².